The summed E-state index contributed by atoms with van der Waals surface area (Å²) in [4.78, 5) is 36.7. The number of amides is 4. The smallest absolute Gasteiger partial charge is 0.335 e. The summed E-state index contributed by atoms with van der Waals surface area (Å²) in [5, 5.41) is 2.16. The van der Waals surface area contributed by atoms with E-state index in [-0.39, 0.29) is 11.4 Å². The van der Waals surface area contributed by atoms with Gasteiger partial charge in [-0.05, 0) is 25.0 Å². The predicted octanol–water partition coefficient (Wildman–Crippen LogP) is 1.20. The van der Waals surface area contributed by atoms with Gasteiger partial charge in [-0.25, -0.2) is 14.1 Å². The van der Waals surface area contributed by atoms with Gasteiger partial charge in [0.1, 0.15) is 5.41 Å². The number of benzene rings is 1. The van der Waals surface area contributed by atoms with Crippen LogP contribution in [0.1, 0.15) is 12.8 Å². The summed E-state index contributed by atoms with van der Waals surface area (Å²) in [6.07, 6.45) is 0.833. The summed E-state index contributed by atoms with van der Waals surface area (Å²) in [6.45, 7) is 0. The van der Waals surface area contributed by atoms with E-state index in [0.29, 0.717) is 12.8 Å². The Morgan fingerprint density at radius 3 is 2.60 bits per heavy atom. The number of methoxy groups -OCH3 is 1. The number of nitrogens with zero attached hydrogens (tertiary/aromatic N) is 1. The molecule has 1 aromatic carbocycles. The molecule has 1 saturated heterocycles. The quantitative estimate of drug-likeness (QED) is 0.825. The van der Waals surface area contributed by atoms with Crippen LogP contribution in [0.3, 0.4) is 0 Å². The van der Waals surface area contributed by atoms with E-state index < -0.39 is 29.1 Å². The zero-order chi connectivity index (χ0) is 14.5. The maximum Gasteiger partial charge on any atom is 0.335 e. The molecule has 1 heterocycles. The first-order valence-corrected chi connectivity index (χ1v) is 6.03. The van der Waals surface area contributed by atoms with Gasteiger partial charge in [0.2, 0.25) is 5.91 Å². The Kier molecular flexibility index (Phi) is 2.53. The number of hydrogen-bond acceptors (Lipinski definition) is 4. The van der Waals surface area contributed by atoms with Crippen molar-refractivity contribution < 1.29 is 23.5 Å². The van der Waals surface area contributed by atoms with Gasteiger partial charge in [0.05, 0.1) is 12.8 Å². The molecule has 2 fully saturated rings. The van der Waals surface area contributed by atoms with Crippen molar-refractivity contribution in [2.45, 2.75) is 12.8 Å². The van der Waals surface area contributed by atoms with Crippen LogP contribution in [0.4, 0.5) is 14.9 Å². The zero-order valence-corrected chi connectivity index (χ0v) is 10.6. The Hall–Kier alpha value is -2.44. The van der Waals surface area contributed by atoms with Crippen LogP contribution in [0.25, 0.3) is 0 Å². The molecule has 4 amide bonds. The molecule has 1 aliphatic carbocycles. The molecular weight excluding hydrogens is 267 g/mol. The molecule has 0 radical (unpaired) electrons. The van der Waals surface area contributed by atoms with Crippen molar-refractivity contribution >= 4 is 23.5 Å². The first-order chi connectivity index (χ1) is 9.49. The molecule has 2 aliphatic rings. The van der Waals surface area contributed by atoms with Gasteiger partial charge in [0.15, 0.2) is 11.6 Å². The lowest BCUT2D eigenvalue weighted by Crippen LogP contribution is -2.59. The second-order valence-corrected chi connectivity index (χ2v) is 4.80. The minimum Gasteiger partial charge on any atom is -0.494 e. The molecule has 1 aromatic rings. The number of barbiturate groups is 1. The standard InChI is InChI=1S/C13H11FN2O4/c1-20-9-6-7(2-3-8(9)14)16-11(18)13(4-5-13)10(17)15-12(16)19/h2-3,6H,4-5H2,1H3,(H,15,17,19). The third-order valence-corrected chi connectivity index (χ3v) is 3.61. The van der Waals surface area contributed by atoms with E-state index in [2.05, 4.69) is 5.32 Å². The van der Waals surface area contributed by atoms with Crippen LogP contribution in [0.15, 0.2) is 18.2 Å². The Balaban J connectivity index is 2.02. The number of halogens is 1. The summed E-state index contributed by atoms with van der Waals surface area (Å²) in [5.74, 6) is -1.80. The predicted molar refractivity (Wildman–Crippen MR) is 65.6 cm³/mol. The summed E-state index contributed by atoms with van der Waals surface area (Å²) in [7, 11) is 1.28. The highest BCUT2D eigenvalue weighted by molar-refractivity contribution is 6.31. The number of rotatable bonds is 2. The van der Waals surface area contributed by atoms with Crippen LogP contribution in [0.2, 0.25) is 0 Å². The first kappa shape index (κ1) is 12.6. The topological polar surface area (TPSA) is 75.7 Å². The maximum atomic E-state index is 13.4. The van der Waals surface area contributed by atoms with Crippen LogP contribution < -0.4 is 15.0 Å². The van der Waals surface area contributed by atoms with Crippen LogP contribution in [-0.4, -0.2) is 25.0 Å². The molecule has 20 heavy (non-hydrogen) atoms. The monoisotopic (exact) mass is 278 g/mol. The van der Waals surface area contributed by atoms with Crippen molar-refractivity contribution in [1.82, 2.24) is 5.32 Å². The normalized spacial score (nSPS) is 20.1. The maximum absolute atomic E-state index is 13.4. The van der Waals surface area contributed by atoms with E-state index in [9.17, 15) is 18.8 Å². The number of hydrogen-bond donors (Lipinski definition) is 1. The SMILES string of the molecule is COc1cc(N2C(=O)NC(=O)C3(CC3)C2=O)ccc1F. The Bertz CT molecular complexity index is 639. The molecule has 104 valence electrons. The molecule has 3 rings (SSSR count). The highest BCUT2D eigenvalue weighted by atomic mass is 19.1. The Morgan fingerprint density at radius 1 is 1.30 bits per heavy atom. The number of ether oxygens (including phenoxy) is 1. The summed E-state index contributed by atoms with van der Waals surface area (Å²) < 4.78 is 18.2. The largest absolute Gasteiger partial charge is 0.494 e. The molecule has 1 spiro atoms. The summed E-state index contributed by atoms with van der Waals surface area (Å²) in [5.41, 5.74) is -0.959. The molecule has 0 aromatic heterocycles. The van der Waals surface area contributed by atoms with Crippen molar-refractivity contribution in [3.63, 3.8) is 0 Å². The van der Waals surface area contributed by atoms with Gasteiger partial charge in [-0.1, -0.05) is 0 Å². The average Bonchev–Trinajstić information content (AvgIpc) is 3.20. The number of carbonyl (C=O) groups excluding carboxylic acids is 3. The van der Waals surface area contributed by atoms with Gasteiger partial charge in [0, 0.05) is 6.07 Å². The Morgan fingerprint density at radius 2 is 2.00 bits per heavy atom. The molecule has 0 bridgehead atoms. The van der Waals surface area contributed by atoms with Gasteiger partial charge in [-0.15, -0.1) is 0 Å². The molecular formula is C13H11FN2O4. The second-order valence-electron chi connectivity index (χ2n) is 4.80. The van der Waals surface area contributed by atoms with Crippen LogP contribution in [0, 0.1) is 11.2 Å². The zero-order valence-electron chi connectivity index (χ0n) is 10.6. The molecule has 0 unspecified atom stereocenters. The highest BCUT2D eigenvalue weighted by Crippen LogP contribution is 2.49. The van der Waals surface area contributed by atoms with Gasteiger partial charge >= 0.3 is 6.03 Å². The van der Waals surface area contributed by atoms with Crippen molar-refractivity contribution in [3.05, 3.63) is 24.0 Å². The van der Waals surface area contributed by atoms with Crippen molar-refractivity contribution in [3.8, 4) is 5.75 Å². The molecule has 0 atom stereocenters. The van der Waals surface area contributed by atoms with Crippen LogP contribution >= 0.6 is 0 Å². The molecule has 1 saturated carbocycles. The summed E-state index contributed by atoms with van der Waals surface area (Å²) in [6, 6.07) is 2.82. The number of nitrogens with one attached hydrogen (secondary N) is 1. The molecule has 1 aliphatic heterocycles. The van der Waals surface area contributed by atoms with Gasteiger partial charge < -0.3 is 4.74 Å². The number of imide groups is 2. The second kappa shape index (κ2) is 4.03. The lowest BCUT2D eigenvalue weighted by molar-refractivity contribution is -0.136. The minimum atomic E-state index is -1.13. The van der Waals surface area contributed by atoms with Crippen molar-refractivity contribution in [2.75, 3.05) is 12.0 Å². The Labute approximate surface area is 113 Å². The highest BCUT2D eigenvalue weighted by Gasteiger charge is 2.62. The van der Waals surface area contributed by atoms with Gasteiger partial charge in [0.25, 0.3) is 5.91 Å². The van der Waals surface area contributed by atoms with Gasteiger partial charge in [-0.3, -0.25) is 14.9 Å². The van der Waals surface area contributed by atoms with E-state index in [1.165, 1.54) is 19.2 Å². The van der Waals surface area contributed by atoms with E-state index >= 15 is 0 Å². The third-order valence-electron chi connectivity index (χ3n) is 3.61. The third kappa shape index (κ3) is 1.59. The number of anilines is 1. The van der Waals surface area contributed by atoms with E-state index in [0.717, 1.165) is 11.0 Å². The number of urea groups is 1. The van der Waals surface area contributed by atoms with E-state index in [4.69, 9.17) is 4.74 Å². The molecule has 7 heteroatoms. The lowest BCUT2D eigenvalue weighted by Gasteiger charge is -2.30. The minimum absolute atomic E-state index is 0.0788. The van der Waals surface area contributed by atoms with Crippen molar-refractivity contribution in [1.29, 1.82) is 0 Å². The fraction of sp³-hybridized carbons (Fsp3) is 0.308. The van der Waals surface area contributed by atoms with E-state index in [1.807, 2.05) is 0 Å². The molecule has 1 N–H and O–H groups in total. The number of carbonyl (C=O) groups is 3. The average molecular weight is 278 g/mol. The fourth-order valence-electron chi connectivity index (χ4n) is 2.26. The first-order valence-electron chi connectivity index (χ1n) is 6.03. The summed E-state index contributed by atoms with van der Waals surface area (Å²) >= 11 is 0. The van der Waals surface area contributed by atoms with Crippen molar-refractivity contribution in [2.24, 2.45) is 5.41 Å². The van der Waals surface area contributed by atoms with Crippen LogP contribution in [0.5, 0.6) is 5.75 Å². The van der Waals surface area contributed by atoms with Gasteiger partial charge in [-0.2, -0.15) is 0 Å². The molecule has 6 nitrogen and oxygen atoms in total. The van der Waals surface area contributed by atoms with E-state index in [1.54, 1.807) is 0 Å². The lowest BCUT2D eigenvalue weighted by atomic mass is 10.0. The fourth-order valence-corrected chi connectivity index (χ4v) is 2.26. The van der Waals surface area contributed by atoms with Crippen LogP contribution in [-0.2, 0) is 9.59 Å².